The van der Waals surface area contributed by atoms with Crippen molar-refractivity contribution < 1.29 is 9.53 Å². The van der Waals surface area contributed by atoms with Gasteiger partial charge in [0.1, 0.15) is 5.60 Å². The van der Waals surface area contributed by atoms with Crippen molar-refractivity contribution in [1.82, 2.24) is 5.32 Å². The van der Waals surface area contributed by atoms with Gasteiger partial charge in [-0.1, -0.05) is 12.1 Å². The van der Waals surface area contributed by atoms with Crippen LogP contribution >= 0.6 is 0 Å². The van der Waals surface area contributed by atoms with Crippen molar-refractivity contribution in [3.63, 3.8) is 0 Å². The number of alkyl carbamates (subject to hydrolysis) is 1. The van der Waals surface area contributed by atoms with E-state index in [-0.39, 0.29) is 0 Å². The van der Waals surface area contributed by atoms with E-state index < -0.39 is 11.7 Å². The molecule has 0 heterocycles. The Balaban J connectivity index is 1.82. The van der Waals surface area contributed by atoms with Gasteiger partial charge in [-0.25, -0.2) is 4.79 Å². The molecule has 0 unspecified atom stereocenters. The van der Waals surface area contributed by atoms with Crippen LogP contribution in [0, 0.1) is 0 Å². The molecule has 0 saturated heterocycles. The first-order chi connectivity index (χ1) is 9.82. The smallest absolute Gasteiger partial charge is 0.407 e. The summed E-state index contributed by atoms with van der Waals surface area (Å²) in [6.45, 7) is 6.00. The van der Waals surface area contributed by atoms with Gasteiger partial charge >= 0.3 is 6.09 Å². The highest BCUT2D eigenvalue weighted by Gasteiger charge is 2.25. The molecule has 0 spiro atoms. The lowest BCUT2D eigenvalue weighted by Crippen LogP contribution is -2.44. The van der Waals surface area contributed by atoms with E-state index >= 15 is 0 Å². The average molecular weight is 291 g/mol. The van der Waals surface area contributed by atoms with Crippen LogP contribution in [0.25, 0.3) is 0 Å². The van der Waals surface area contributed by atoms with Gasteiger partial charge in [-0.05, 0) is 51.3 Å². The van der Waals surface area contributed by atoms with Crippen molar-refractivity contribution >= 4 is 11.8 Å². The van der Waals surface area contributed by atoms with Crippen LogP contribution in [0.4, 0.5) is 10.5 Å². The number of hydrogen-bond donors (Lipinski definition) is 3. The molecule has 4 N–H and O–H groups in total. The van der Waals surface area contributed by atoms with Crippen LogP contribution in [0.3, 0.4) is 0 Å². The Labute approximate surface area is 126 Å². The van der Waals surface area contributed by atoms with Crippen molar-refractivity contribution in [3.05, 3.63) is 29.8 Å². The summed E-state index contributed by atoms with van der Waals surface area (Å²) < 4.78 is 5.21. The van der Waals surface area contributed by atoms with Gasteiger partial charge in [0.05, 0.1) is 0 Å². The summed E-state index contributed by atoms with van der Waals surface area (Å²) in [5.41, 5.74) is 7.41. The van der Waals surface area contributed by atoms with E-state index in [9.17, 15) is 4.79 Å². The lowest BCUT2D eigenvalue weighted by molar-refractivity contribution is 0.0523. The lowest BCUT2D eigenvalue weighted by Gasteiger charge is -2.33. The topological polar surface area (TPSA) is 76.4 Å². The van der Waals surface area contributed by atoms with E-state index in [4.69, 9.17) is 10.5 Å². The third kappa shape index (κ3) is 5.27. The first-order valence-corrected chi connectivity index (χ1v) is 7.40. The van der Waals surface area contributed by atoms with Crippen molar-refractivity contribution in [2.75, 3.05) is 5.32 Å². The summed E-state index contributed by atoms with van der Waals surface area (Å²) >= 11 is 0. The molecule has 116 valence electrons. The largest absolute Gasteiger partial charge is 0.444 e. The summed E-state index contributed by atoms with van der Waals surface area (Å²) in [4.78, 5) is 11.6. The van der Waals surface area contributed by atoms with Gasteiger partial charge in [0.25, 0.3) is 0 Å². The second-order valence-corrected chi connectivity index (χ2v) is 6.63. The molecule has 0 aliphatic heterocycles. The third-order valence-electron chi connectivity index (χ3n) is 3.31. The van der Waals surface area contributed by atoms with E-state index in [1.54, 1.807) is 0 Å². The molecule has 21 heavy (non-hydrogen) atoms. The Morgan fingerprint density at radius 2 is 2.10 bits per heavy atom. The molecular formula is C16H25N3O2. The number of ether oxygens (including phenoxy) is 1. The summed E-state index contributed by atoms with van der Waals surface area (Å²) in [5.74, 6) is 0. The predicted octanol–water partition coefficient (Wildman–Crippen LogP) is 2.61. The monoisotopic (exact) mass is 291 g/mol. The number of anilines is 1. The summed E-state index contributed by atoms with van der Waals surface area (Å²) in [5, 5.41) is 6.21. The molecular weight excluding hydrogens is 266 g/mol. The van der Waals surface area contributed by atoms with Crippen LogP contribution < -0.4 is 16.4 Å². The maximum Gasteiger partial charge on any atom is 0.407 e. The highest BCUT2D eigenvalue weighted by Crippen LogP contribution is 2.23. The molecule has 2 rings (SSSR count). The highest BCUT2D eigenvalue weighted by atomic mass is 16.6. The molecule has 0 aromatic heterocycles. The number of nitrogens with two attached hydrogens (primary N) is 1. The molecule has 1 aliphatic carbocycles. The first-order valence-electron chi connectivity index (χ1n) is 7.40. The molecule has 0 radical (unpaired) electrons. The average Bonchev–Trinajstić information content (AvgIpc) is 2.33. The summed E-state index contributed by atoms with van der Waals surface area (Å²) in [6, 6.07) is 8.83. The molecule has 1 fully saturated rings. The predicted molar refractivity (Wildman–Crippen MR) is 84.1 cm³/mol. The minimum absolute atomic E-state index is 0.333. The van der Waals surface area contributed by atoms with Crippen molar-refractivity contribution in [3.8, 4) is 0 Å². The van der Waals surface area contributed by atoms with E-state index in [2.05, 4.69) is 10.6 Å². The van der Waals surface area contributed by atoms with E-state index in [1.165, 1.54) is 0 Å². The van der Waals surface area contributed by atoms with Crippen LogP contribution in [-0.4, -0.2) is 23.8 Å². The third-order valence-corrected chi connectivity index (χ3v) is 3.31. The first kappa shape index (κ1) is 15.6. The van der Waals surface area contributed by atoms with Gasteiger partial charge in [0.15, 0.2) is 0 Å². The Kier molecular flexibility index (Phi) is 4.73. The maximum absolute atomic E-state index is 11.6. The van der Waals surface area contributed by atoms with Crippen LogP contribution in [0.2, 0.25) is 0 Å². The second kappa shape index (κ2) is 6.35. The minimum atomic E-state index is -0.476. The molecule has 5 nitrogen and oxygen atoms in total. The zero-order chi connectivity index (χ0) is 15.5. The Morgan fingerprint density at radius 1 is 1.38 bits per heavy atom. The summed E-state index contributed by atoms with van der Waals surface area (Å²) in [7, 11) is 0. The van der Waals surface area contributed by atoms with Gasteiger partial charge in [-0.3, -0.25) is 0 Å². The molecule has 0 bridgehead atoms. The Bertz CT molecular complexity index is 491. The SMILES string of the molecule is CC(C)(C)OC(=O)NCc1cccc(NC2CC(N)C2)c1. The fraction of sp³-hybridized carbons (Fsp3) is 0.562. The van der Waals surface area contributed by atoms with E-state index in [0.29, 0.717) is 18.6 Å². The Hall–Kier alpha value is -1.75. The number of benzene rings is 1. The normalized spacial score (nSPS) is 21.3. The molecule has 1 aromatic rings. The molecule has 1 aliphatic rings. The minimum Gasteiger partial charge on any atom is -0.444 e. The summed E-state index contributed by atoms with van der Waals surface area (Å²) in [6.07, 6.45) is 1.63. The number of carbonyl (C=O) groups excluding carboxylic acids is 1. The van der Waals surface area contributed by atoms with Crippen LogP contribution in [0.5, 0.6) is 0 Å². The van der Waals surface area contributed by atoms with Gasteiger partial charge < -0.3 is 21.1 Å². The van der Waals surface area contributed by atoms with Crippen molar-refractivity contribution in [1.29, 1.82) is 0 Å². The fourth-order valence-corrected chi connectivity index (χ4v) is 2.27. The zero-order valence-electron chi connectivity index (χ0n) is 13.0. The molecule has 1 amide bonds. The highest BCUT2D eigenvalue weighted by molar-refractivity contribution is 5.67. The molecule has 1 saturated carbocycles. The van der Waals surface area contributed by atoms with Gasteiger partial charge in [-0.15, -0.1) is 0 Å². The number of hydrogen-bond acceptors (Lipinski definition) is 4. The van der Waals surface area contributed by atoms with Gasteiger partial charge in [-0.2, -0.15) is 0 Å². The van der Waals surface area contributed by atoms with Gasteiger partial charge in [0.2, 0.25) is 0 Å². The van der Waals surface area contributed by atoms with Crippen molar-refractivity contribution in [2.24, 2.45) is 5.73 Å². The van der Waals surface area contributed by atoms with E-state index in [1.807, 2.05) is 45.0 Å². The standard InChI is InChI=1S/C16H25N3O2/c1-16(2,3)21-15(20)18-10-11-5-4-6-13(7-11)19-14-8-12(17)9-14/h4-7,12,14,19H,8-10,17H2,1-3H3,(H,18,20). The maximum atomic E-state index is 11.6. The quantitative estimate of drug-likeness (QED) is 0.797. The fourth-order valence-electron chi connectivity index (χ4n) is 2.27. The lowest BCUT2D eigenvalue weighted by atomic mass is 9.87. The molecule has 0 atom stereocenters. The van der Waals surface area contributed by atoms with Crippen LogP contribution in [0.15, 0.2) is 24.3 Å². The zero-order valence-corrected chi connectivity index (χ0v) is 13.0. The van der Waals surface area contributed by atoms with Crippen LogP contribution in [-0.2, 0) is 11.3 Å². The van der Waals surface area contributed by atoms with Crippen molar-refractivity contribution in [2.45, 2.75) is 57.8 Å². The molecule has 5 heteroatoms. The second-order valence-electron chi connectivity index (χ2n) is 6.63. The number of amides is 1. The Morgan fingerprint density at radius 3 is 2.71 bits per heavy atom. The number of rotatable bonds is 4. The van der Waals surface area contributed by atoms with Crippen LogP contribution in [0.1, 0.15) is 39.2 Å². The number of nitrogens with one attached hydrogen (secondary N) is 2. The molecule has 1 aromatic carbocycles. The number of carbonyl (C=O) groups is 1. The van der Waals surface area contributed by atoms with E-state index in [0.717, 1.165) is 24.1 Å². The van der Waals surface area contributed by atoms with Gasteiger partial charge in [0, 0.05) is 24.3 Å².